The molecule has 0 spiro atoms. The minimum absolute atomic E-state index is 1.13. The molecule has 3 aromatic heterocycles. The summed E-state index contributed by atoms with van der Waals surface area (Å²) in [6.07, 6.45) is 0. The smallest absolute Gasteiger partial charge is 0.179 e. The van der Waals surface area contributed by atoms with Crippen LogP contribution in [-0.2, 0) is 0 Å². The second-order valence-electron chi connectivity index (χ2n) is 18.5. The van der Waals surface area contributed by atoms with E-state index in [1.807, 2.05) is 0 Å². The van der Waals surface area contributed by atoms with Gasteiger partial charge in [0.1, 0.15) is 0 Å². The molecule has 14 rings (SSSR count). The van der Waals surface area contributed by atoms with Gasteiger partial charge in [0.2, 0.25) is 0 Å². The van der Waals surface area contributed by atoms with Crippen LogP contribution < -0.4 is 20.7 Å². The van der Waals surface area contributed by atoms with Gasteiger partial charge >= 0.3 is 0 Å². The molecule has 0 bridgehead atoms. The molecule has 0 aliphatic rings. The highest BCUT2D eigenvalue weighted by atomic mass is 28.3. The summed E-state index contributed by atoms with van der Waals surface area (Å²) in [7, 11) is -2.87. The third-order valence-electron chi connectivity index (χ3n) is 14.8. The van der Waals surface area contributed by atoms with E-state index in [1.165, 1.54) is 97.3 Å². The van der Waals surface area contributed by atoms with E-state index < -0.39 is 8.07 Å². The minimum Gasteiger partial charge on any atom is -0.309 e. The highest BCUT2D eigenvalue weighted by molar-refractivity contribution is 7.20. The largest absolute Gasteiger partial charge is 0.309 e. The summed E-state index contributed by atoms with van der Waals surface area (Å²) in [6, 6.07) is 101. The van der Waals surface area contributed by atoms with Gasteiger partial charge in [0, 0.05) is 49.4 Å². The van der Waals surface area contributed by atoms with Crippen LogP contribution in [-0.4, -0.2) is 21.8 Å². The van der Waals surface area contributed by atoms with Crippen LogP contribution in [0.1, 0.15) is 0 Å². The molecule has 3 nitrogen and oxygen atoms in total. The molecule has 0 saturated carbocycles. The summed E-state index contributed by atoms with van der Waals surface area (Å²) >= 11 is 0. The van der Waals surface area contributed by atoms with Crippen molar-refractivity contribution in [2.24, 2.45) is 0 Å². The monoisotopic (exact) mass is 907 g/mol. The molecule has 3 heterocycles. The maximum absolute atomic E-state index is 2.87. The van der Waals surface area contributed by atoms with E-state index in [9.17, 15) is 0 Å². The standard InChI is InChI=1S/C66H45N3Si/c1-6-20-46(21-7-1)47-34-38-57-55-30-16-18-32-61(55)69(66(57)42-47)50-36-40-64-59(44-50)60-45-54(70(51-24-10-3-11-25-51,52-26-12-4-13-27-52)53-28-14-5-15-29-53)37-41-65(60)68(64)49-35-39-63-58(43-49)56-31-17-19-33-62(56)67(63)48-22-8-2-9-23-48/h1-45H. The quantitative estimate of drug-likeness (QED) is 0.107. The fourth-order valence-electron chi connectivity index (χ4n) is 11.7. The molecule has 14 aromatic rings. The zero-order chi connectivity index (χ0) is 46.2. The number of benzene rings is 11. The fraction of sp³-hybridized carbons (Fsp3) is 0. The average molecular weight is 908 g/mol. The van der Waals surface area contributed by atoms with Crippen LogP contribution in [0, 0.1) is 0 Å². The van der Waals surface area contributed by atoms with E-state index in [2.05, 4.69) is 287 Å². The first-order valence-electron chi connectivity index (χ1n) is 24.2. The summed E-state index contributed by atoms with van der Waals surface area (Å²) in [5.41, 5.74) is 12.9. The molecule has 328 valence electrons. The van der Waals surface area contributed by atoms with Crippen molar-refractivity contribution < 1.29 is 0 Å². The third kappa shape index (κ3) is 6.07. The first-order chi connectivity index (χ1) is 34.7. The number of rotatable bonds is 8. The molecule has 0 aliphatic heterocycles. The van der Waals surface area contributed by atoms with Crippen LogP contribution in [0.2, 0.25) is 0 Å². The van der Waals surface area contributed by atoms with E-state index in [4.69, 9.17) is 0 Å². The molecular formula is C66H45N3Si. The van der Waals surface area contributed by atoms with Crippen molar-refractivity contribution in [2.75, 3.05) is 0 Å². The maximum atomic E-state index is 2.55. The molecule has 0 fully saturated rings. The summed E-state index contributed by atoms with van der Waals surface area (Å²) in [5, 5.41) is 12.8. The Morgan fingerprint density at radius 1 is 0.200 bits per heavy atom. The Morgan fingerprint density at radius 3 is 1.14 bits per heavy atom. The van der Waals surface area contributed by atoms with Crippen LogP contribution in [0.15, 0.2) is 273 Å². The normalized spacial score (nSPS) is 12.0. The minimum atomic E-state index is -2.87. The summed E-state index contributed by atoms with van der Waals surface area (Å²) in [4.78, 5) is 0. The number of hydrogen-bond donors (Lipinski definition) is 0. The molecule has 0 saturated heterocycles. The van der Waals surface area contributed by atoms with Gasteiger partial charge < -0.3 is 13.7 Å². The topological polar surface area (TPSA) is 14.8 Å². The van der Waals surface area contributed by atoms with Crippen molar-refractivity contribution in [1.82, 2.24) is 13.7 Å². The van der Waals surface area contributed by atoms with Gasteiger partial charge in [-0.1, -0.05) is 200 Å². The SMILES string of the molecule is c1ccc(-c2ccc3c4ccccc4n(-c4ccc5c(c4)c4cc([Si](c6ccccc6)(c6ccccc6)c6ccccc6)ccc4n5-c4ccc5c(c4)c4ccccc4n5-c4ccccc4)c3c2)cc1. The number of nitrogens with zero attached hydrogens (tertiary/aromatic N) is 3. The fourth-order valence-corrected chi connectivity index (χ4v) is 16.5. The highest BCUT2D eigenvalue weighted by Crippen LogP contribution is 2.40. The van der Waals surface area contributed by atoms with Crippen LogP contribution in [0.25, 0.3) is 93.6 Å². The van der Waals surface area contributed by atoms with E-state index in [1.54, 1.807) is 0 Å². The summed E-state index contributed by atoms with van der Waals surface area (Å²) in [5.74, 6) is 0. The molecule has 0 aliphatic carbocycles. The lowest BCUT2D eigenvalue weighted by Crippen LogP contribution is -2.74. The molecule has 0 unspecified atom stereocenters. The van der Waals surface area contributed by atoms with Crippen molar-refractivity contribution in [3.8, 4) is 28.2 Å². The number of para-hydroxylation sites is 3. The predicted octanol–water partition coefficient (Wildman–Crippen LogP) is 14.0. The van der Waals surface area contributed by atoms with Crippen molar-refractivity contribution in [3.63, 3.8) is 0 Å². The predicted molar refractivity (Wildman–Crippen MR) is 299 cm³/mol. The third-order valence-corrected chi connectivity index (χ3v) is 19.5. The van der Waals surface area contributed by atoms with Crippen molar-refractivity contribution in [1.29, 1.82) is 0 Å². The van der Waals surface area contributed by atoms with Crippen LogP contribution >= 0.6 is 0 Å². The molecule has 11 aromatic carbocycles. The van der Waals surface area contributed by atoms with E-state index in [0.717, 1.165) is 17.1 Å². The highest BCUT2D eigenvalue weighted by Gasteiger charge is 2.41. The lowest BCUT2D eigenvalue weighted by Gasteiger charge is -2.34. The average Bonchev–Trinajstić information content (AvgIpc) is 4.07. The van der Waals surface area contributed by atoms with Crippen LogP contribution in [0.5, 0.6) is 0 Å². The van der Waals surface area contributed by atoms with E-state index >= 15 is 0 Å². The molecule has 70 heavy (non-hydrogen) atoms. The van der Waals surface area contributed by atoms with E-state index in [-0.39, 0.29) is 0 Å². The first-order valence-corrected chi connectivity index (χ1v) is 26.2. The molecule has 0 radical (unpaired) electrons. The lowest BCUT2D eigenvalue weighted by atomic mass is 10.0. The second kappa shape index (κ2) is 16.1. The number of aromatic nitrogens is 3. The Labute approximate surface area is 407 Å². The molecule has 0 amide bonds. The number of hydrogen-bond acceptors (Lipinski definition) is 0. The van der Waals surface area contributed by atoms with Crippen molar-refractivity contribution in [3.05, 3.63) is 273 Å². The van der Waals surface area contributed by atoms with Crippen LogP contribution in [0.4, 0.5) is 0 Å². The lowest BCUT2D eigenvalue weighted by molar-refractivity contribution is 1.16. The van der Waals surface area contributed by atoms with E-state index in [0.29, 0.717) is 0 Å². The van der Waals surface area contributed by atoms with Gasteiger partial charge in [-0.15, -0.1) is 0 Å². The number of fused-ring (bicyclic) bond motifs is 9. The zero-order valence-electron chi connectivity index (χ0n) is 38.3. The first kappa shape index (κ1) is 40.1. The van der Waals surface area contributed by atoms with Crippen molar-refractivity contribution in [2.45, 2.75) is 0 Å². The van der Waals surface area contributed by atoms with Gasteiger partial charge in [-0.2, -0.15) is 0 Å². The van der Waals surface area contributed by atoms with Gasteiger partial charge in [-0.3, -0.25) is 0 Å². The Bertz CT molecular complexity index is 4170. The summed E-state index contributed by atoms with van der Waals surface area (Å²) in [6.45, 7) is 0. The van der Waals surface area contributed by atoms with Gasteiger partial charge in [0.15, 0.2) is 8.07 Å². The van der Waals surface area contributed by atoms with Crippen molar-refractivity contribution >= 4 is 94.2 Å². The Kier molecular flexibility index (Phi) is 9.23. The molecule has 4 heteroatoms. The Morgan fingerprint density at radius 2 is 0.586 bits per heavy atom. The van der Waals surface area contributed by atoms with Gasteiger partial charge in [-0.25, -0.2) is 0 Å². The molecule has 0 atom stereocenters. The van der Waals surface area contributed by atoms with Gasteiger partial charge in [-0.05, 0) is 105 Å². The summed E-state index contributed by atoms with van der Waals surface area (Å²) < 4.78 is 7.38. The van der Waals surface area contributed by atoms with Gasteiger partial charge in [0.05, 0.1) is 33.1 Å². The Hall–Kier alpha value is -8.96. The van der Waals surface area contributed by atoms with Gasteiger partial charge in [0.25, 0.3) is 0 Å². The maximum Gasteiger partial charge on any atom is 0.179 e. The zero-order valence-corrected chi connectivity index (χ0v) is 39.3. The molecular weight excluding hydrogens is 863 g/mol. The molecule has 0 N–H and O–H groups in total. The van der Waals surface area contributed by atoms with Crippen LogP contribution in [0.3, 0.4) is 0 Å². The second-order valence-corrected chi connectivity index (χ2v) is 22.3. The Balaban J connectivity index is 1.08.